The Morgan fingerprint density at radius 1 is 1.31 bits per heavy atom. The largest absolute Gasteiger partial charge is 0.312 e. The van der Waals surface area contributed by atoms with Crippen molar-refractivity contribution < 1.29 is 0 Å². The molecule has 1 aliphatic rings. The summed E-state index contributed by atoms with van der Waals surface area (Å²) in [6.07, 6.45) is 0. The Hall–Kier alpha value is -0.470. The number of nitrogens with one attached hydrogen (secondary N) is 1. The van der Waals surface area contributed by atoms with Crippen molar-refractivity contribution in [1.82, 2.24) is 5.32 Å². The molecule has 2 heteroatoms. The van der Waals surface area contributed by atoms with E-state index >= 15 is 0 Å². The Labute approximate surface area is 83.9 Å². The molecule has 1 aromatic carbocycles. The standard InChI is InChI=1S/C11H15NS/c1-7-4-9-10(12-3)6-13-11(9)5-8(7)2/h4-5,10,12H,6H2,1-3H3. The first-order chi connectivity index (χ1) is 6.22. The summed E-state index contributed by atoms with van der Waals surface area (Å²) in [7, 11) is 2.04. The maximum atomic E-state index is 3.35. The van der Waals surface area contributed by atoms with Gasteiger partial charge in [0.1, 0.15) is 0 Å². The van der Waals surface area contributed by atoms with Crippen LogP contribution < -0.4 is 5.32 Å². The van der Waals surface area contributed by atoms with Gasteiger partial charge in [-0.1, -0.05) is 6.07 Å². The lowest BCUT2D eigenvalue weighted by Crippen LogP contribution is -2.15. The van der Waals surface area contributed by atoms with Gasteiger partial charge in [-0.2, -0.15) is 0 Å². The highest BCUT2D eigenvalue weighted by Crippen LogP contribution is 2.39. The number of hydrogen-bond donors (Lipinski definition) is 1. The first-order valence-corrected chi connectivity index (χ1v) is 5.62. The summed E-state index contributed by atoms with van der Waals surface area (Å²) in [6, 6.07) is 5.19. The molecule has 0 bridgehead atoms. The molecular weight excluding hydrogens is 178 g/mol. The summed E-state index contributed by atoms with van der Waals surface area (Å²) in [6.45, 7) is 4.37. The molecule has 1 atom stereocenters. The SMILES string of the molecule is CNC1CSc2cc(C)c(C)cc21. The average molecular weight is 193 g/mol. The van der Waals surface area contributed by atoms with Gasteiger partial charge in [0.05, 0.1) is 0 Å². The van der Waals surface area contributed by atoms with Crippen LogP contribution in [0.1, 0.15) is 22.7 Å². The van der Waals surface area contributed by atoms with Gasteiger partial charge >= 0.3 is 0 Å². The molecule has 13 heavy (non-hydrogen) atoms. The molecule has 2 rings (SSSR count). The van der Waals surface area contributed by atoms with Crippen LogP contribution in [0.15, 0.2) is 17.0 Å². The van der Waals surface area contributed by atoms with Crippen molar-refractivity contribution in [1.29, 1.82) is 0 Å². The van der Waals surface area contributed by atoms with Gasteiger partial charge in [-0.3, -0.25) is 0 Å². The Bertz CT molecular complexity index is 333. The highest BCUT2D eigenvalue weighted by Gasteiger charge is 2.21. The molecule has 0 amide bonds. The number of rotatable bonds is 1. The Morgan fingerprint density at radius 2 is 2.00 bits per heavy atom. The van der Waals surface area contributed by atoms with Crippen LogP contribution in [0.4, 0.5) is 0 Å². The number of benzene rings is 1. The minimum atomic E-state index is 0.555. The molecule has 1 aliphatic heterocycles. The van der Waals surface area contributed by atoms with Crippen molar-refractivity contribution in [3.05, 3.63) is 28.8 Å². The maximum absolute atomic E-state index is 3.35. The highest BCUT2D eigenvalue weighted by molar-refractivity contribution is 7.99. The van der Waals surface area contributed by atoms with Crippen LogP contribution in [0.2, 0.25) is 0 Å². The molecule has 0 saturated heterocycles. The highest BCUT2D eigenvalue weighted by atomic mass is 32.2. The van der Waals surface area contributed by atoms with Crippen molar-refractivity contribution in [3.63, 3.8) is 0 Å². The van der Waals surface area contributed by atoms with Crippen LogP contribution in [-0.2, 0) is 0 Å². The molecule has 70 valence electrons. The first kappa shape index (κ1) is 9.10. The number of hydrogen-bond acceptors (Lipinski definition) is 2. The summed E-state index contributed by atoms with van der Waals surface area (Å²) in [5.74, 6) is 1.18. The predicted octanol–water partition coefficient (Wildman–Crippen LogP) is 2.67. The summed E-state index contributed by atoms with van der Waals surface area (Å²) in [5.41, 5.74) is 4.29. The molecule has 0 fully saturated rings. The lowest BCUT2D eigenvalue weighted by Gasteiger charge is -2.10. The molecule has 0 aliphatic carbocycles. The minimum Gasteiger partial charge on any atom is -0.312 e. The molecule has 0 saturated carbocycles. The van der Waals surface area contributed by atoms with Gasteiger partial charge in [0.2, 0.25) is 0 Å². The van der Waals surface area contributed by atoms with Gasteiger partial charge < -0.3 is 5.32 Å². The van der Waals surface area contributed by atoms with Gasteiger partial charge in [-0.05, 0) is 43.7 Å². The van der Waals surface area contributed by atoms with E-state index < -0.39 is 0 Å². The summed E-state index contributed by atoms with van der Waals surface area (Å²) >= 11 is 1.96. The third-order valence-electron chi connectivity index (χ3n) is 2.76. The van der Waals surface area contributed by atoms with E-state index in [0.717, 1.165) is 0 Å². The zero-order chi connectivity index (χ0) is 9.42. The smallest absolute Gasteiger partial charge is 0.0424 e. The summed E-state index contributed by atoms with van der Waals surface area (Å²) in [5, 5.41) is 3.35. The van der Waals surface area contributed by atoms with Crippen LogP contribution in [0, 0.1) is 13.8 Å². The fourth-order valence-electron chi connectivity index (χ4n) is 1.71. The Balaban J connectivity index is 2.47. The van der Waals surface area contributed by atoms with E-state index in [1.807, 2.05) is 18.8 Å². The lowest BCUT2D eigenvalue weighted by atomic mass is 10.0. The van der Waals surface area contributed by atoms with E-state index in [1.165, 1.54) is 27.3 Å². The second-order valence-electron chi connectivity index (χ2n) is 3.63. The number of thioether (sulfide) groups is 1. The third kappa shape index (κ3) is 1.49. The molecule has 1 N–H and O–H groups in total. The van der Waals surface area contributed by atoms with Crippen molar-refractivity contribution >= 4 is 11.8 Å². The van der Waals surface area contributed by atoms with Crippen LogP contribution >= 0.6 is 11.8 Å². The van der Waals surface area contributed by atoms with Crippen LogP contribution in [0.25, 0.3) is 0 Å². The topological polar surface area (TPSA) is 12.0 Å². The second kappa shape index (κ2) is 3.35. The number of aryl methyl sites for hydroxylation is 2. The zero-order valence-corrected chi connectivity index (χ0v) is 9.16. The molecule has 1 aromatic rings. The van der Waals surface area contributed by atoms with Crippen molar-refractivity contribution in [2.24, 2.45) is 0 Å². The van der Waals surface area contributed by atoms with Gasteiger partial charge in [0.25, 0.3) is 0 Å². The first-order valence-electron chi connectivity index (χ1n) is 4.63. The van der Waals surface area contributed by atoms with Gasteiger partial charge in [-0.25, -0.2) is 0 Å². The van der Waals surface area contributed by atoms with Crippen LogP contribution in [0.5, 0.6) is 0 Å². The monoisotopic (exact) mass is 193 g/mol. The van der Waals surface area contributed by atoms with Crippen LogP contribution in [0.3, 0.4) is 0 Å². The molecule has 0 spiro atoms. The van der Waals surface area contributed by atoms with E-state index in [0.29, 0.717) is 6.04 Å². The van der Waals surface area contributed by atoms with Gasteiger partial charge in [0, 0.05) is 16.7 Å². The zero-order valence-electron chi connectivity index (χ0n) is 8.35. The van der Waals surface area contributed by atoms with Crippen LogP contribution in [-0.4, -0.2) is 12.8 Å². The fourth-order valence-corrected chi connectivity index (χ4v) is 3.03. The second-order valence-corrected chi connectivity index (χ2v) is 4.69. The van der Waals surface area contributed by atoms with E-state index in [2.05, 4.69) is 31.3 Å². The summed E-state index contributed by atoms with van der Waals surface area (Å²) in [4.78, 5) is 1.46. The molecular formula is C11H15NS. The average Bonchev–Trinajstić information content (AvgIpc) is 2.48. The quantitative estimate of drug-likeness (QED) is 0.736. The fraction of sp³-hybridized carbons (Fsp3) is 0.455. The molecule has 0 aromatic heterocycles. The summed E-state index contributed by atoms with van der Waals surface area (Å²) < 4.78 is 0. The van der Waals surface area contributed by atoms with E-state index in [1.54, 1.807) is 0 Å². The molecule has 1 nitrogen and oxygen atoms in total. The molecule has 0 radical (unpaired) electrons. The van der Waals surface area contributed by atoms with E-state index in [-0.39, 0.29) is 0 Å². The maximum Gasteiger partial charge on any atom is 0.0424 e. The number of fused-ring (bicyclic) bond motifs is 1. The lowest BCUT2D eigenvalue weighted by molar-refractivity contribution is 0.663. The third-order valence-corrected chi connectivity index (χ3v) is 3.92. The van der Waals surface area contributed by atoms with Gasteiger partial charge in [-0.15, -0.1) is 11.8 Å². The van der Waals surface area contributed by atoms with E-state index in [4.69, 9.17) is 0 Å². The van der Waals surface area contributed by atoms with Crippen molar-refractivity contribution in [2.75, 3.05) is 12.8 Å². The Kier molecular flexibility index (Phi) is 2.35. The Morgan fingerprint density at radius 3 is 2.69 bits per heavy atom. The molecule has 1 heterocycles. The van der Waals surface area contributed by atoms with Gasteiger partial charge in [0.15, 0.2) is 0 Å². The predicted molar refractivity (Wildman–Crippen MR) is 58.4 cm³/mol. The minimum absolute atomic E-state index is 0.555. The molecule has 1 unspecified atom stereocenters. The van der Waals surface area contributed by atoms with Crippen molar-refractivity contribution in [2.45, 2.75) is 24.8 Å². The normalized spacial score (nSPS) is 20.4. The van der Waals surface area contributed by atoms with Crippen molar-refractivity contribution in [3.8, 4) is 0 Å². The van der Waals surface area contributed by atoms with E-state index in [9.17, 15) is 0 Å².